The Morgan fingerprint density at radius 2 is 1.88 bits per heavy atom. The lowest BCUT2D eigenvalue weighted by Gasteiger charge is -2.31. The van der Waals surface area contributed by atoms with Crippen molar-refractivity contribution in [2.24, 2.45) is 7.05 Å². The Bertz CT molecular complexity index is 1290. The van der Waals surface area contributed by atoms with E-state index in [1.165, 1.54) is 11.8 Å². The maximum absolute atomic E-state index is 13.6. The molecule has 1 aromatic carbocycles. The zero-order valence-electron chi connectivity index (χ0n) is 18.5. The van der Waals surface area contributed by atoms with Crippen LogP contribution >= 0.6 is 35.0 Å². The molecule has 0 unspecified atom stereocenters. The highest BCUT2D eigenvalue weighted by molar-refractivity contribution is 7.98. The first-order valence-corrected chi connectivity index (χ1v) is 12.1. The van der Waals surface area contributed by atoms with E-state index in [0.29, 0.717) is 51.2 Å². The Balaban J connectivity index is 1.80. The number of pyridine rings is 1. The summed E-state index contributed by atoms with van der Waals surface area (Å²) in [7, 11) is 1.74. The van der Waals surface area contributed by atoms with Crippen LogP contribution in [0.2, 0.25) is 10.0 Å². The predicted octanol–water partition coefficient (Wildman–Crippen LogP) is 5.19. The molecular formula is C23H23Cl2N3O3S. The molecule has 0 fully saturated rings. The van der Waals surface area contributed by atoms with Crippen LogP contribution < -0.4 is 5.56 Å². The zero-order chi connectivity index (χ0) is 23.3. The SMILES string of the molecule is CSc1cc(C)n(C)c(=O)c1CN1CCc2c(Cl)cc(-c3c(C)noc3C)c(Cl)c2C1=O. The summed E-state index contributed by atoms with van der Waals surface area (Å²) in [5, 5.41) is 4.82. The van der Waals surface area contributed by atoms with Gasteiger partial charge in [-0.05, 0) is 51.1 Å². The van der Waals surface area contributed by atoms with Gasteiger partial charge in [-0.25, -0.2) is 0 Å². The minimum absolute atomic E-state index is 0.0958. The number of carbonyl (C=O) groups excluding carboxylic acids is 1. The zero-order valence-corrected chi connectivity index (χ0v) is 20.8. The quantitative estimate of drug-likeness (QED) is 0.469. The van der Waals surface area contributed by atoms with Crippen molar-refractivity contribution >= 4 is 40.9 Å². The number of hydrogen-bond acceptors (Lipinski definition) is 5. The molecule has 0 atom stereocenters. The van der Waals surface area contributed by atoms with Crippen LogP contribution in [0, 0.1) is 20.8 Å². The van der Waals surface area contributed by atoms with Crippen LogP contribution in [0.15, 0.2) is 26.3 Å². The summed E-state index contributed by atoms with van der Waals surface area (Å²) in [6.07, 6.45) is 2.49. The lowest BCUT2D eigenvalue weighted by atomic mass is 9.93. The highest BCUT2D eigenvalue weighted by Crippen LogP contribution is 2.41. The minimum atomic E-state index is -0.235. The molecule has 9 heteroatoms. The molecule has 0 saturated heterocycles. The molecule has 3 heterocycles. The molecule has 3 aromatic rings. The molecule has 2 aromatic heterocycles. The molecular weight excluding hydrogens is 469 g/mol. The molecule has 0 saturated carbocycles. The lowest BCUT2D eigenvalue weighted by Crippen LogP contribution is -2.39. The van der Waals surface area contributed by atoms with Crippen LogP contribution in [0.3, 0.4) is 0 Å². The molecule has 0 radical (unpaired) electrons. The number of rotatable bonds is 4. The number of halogens is 2. The number of aromatic nitrogens is 2. The topological polar surface area (TPSA) is 68.3 Å². The number of benzene rings is 1. The van der Waals surface area contributed by atoms with Crippen molar-refractivity contribution in [1.82, 2.24) is 14.6 Å². The van der Waals surface area contributed by atoms with Crippen LogP contribution in [-0.4, -0.2) is 33.3 Å². The predicted molar refractivity (Wildman–Crippen MR) is 128 cm³/mol. The van der Waals surface area contributed by atoms with E-state index in [1.807, 2.05) is 26.2 Å². The molecule has 0 aliphatic carbocycles. The normalized spacial score (nSPS) is 13.6. The van der Waals surface area contributed by atoms with Crippen LogP contribution in [0.5, 0.6) is 0 Å². The van der Waals surface area contributed by atoms with Gasteiger partial charge in [-0.2, -0.15) is 0 Å². The van der Waals surface area contributed by atoms with Gasteiger partial charge in [0.25, 0.3) is 11.5 Å². The molecule has 32 heavy (non-hydrogen) atoms. The van der Waals surface area contributed by atoms with Gasteiger partial charge in [-0.1, -0.05) is 28.4 Å². The summed E-state index contributed by atoms with van der Waals surface area (Å²) in [5.41, 5.74) is 4.53. The molecule has 0 bridgehead atoms. The fourth-order valence-corrected chi connectivity index (χ4v) is 5.53. The third kappa shape index (κ3) is 3.66. The van der Waals surface area contributed by atoms with E-state index in [4.69, 9.17) is 27.7 Å². The van der Waals surface area contributed by atoms with Crippen molar-refractivity contribution in [3.63, 3.8) is 0 Å². The number of thioether (sulfide) groups is 1. The molecule has 1 aliphatic heterocycles. The standard InChI is InChI=1S/C23H23Cl2N3O3S/c1-11-8-18(32-5)16(22(29)27(11)4)10-28-7-6-14-17(24)9-15(21(25)20(14)23(28)30)19-12(2)26-31-13(19)3/h8-9H,6-7,10H2,1-5H3. The van der Waals surface area contributed by atoms with E-state index >= 15 is 0 Å². The maximum Gasteiger partial charge on any atom is 0.256 e. The van der Waals surface area contributed by atoms with Gasteiger partial charge in [0.1, 0.15) is 5.76 Å². The highest BCUT2D eigenvalue weighted by Gasteiger charge is 2.32. The number of hydrogen-bond donors (Lipinski definition) is 0. The first-order valence-electron chi connectivity index (χ1n) is 10.1. The second-order valence-corrected chi connectivity index (χ2v) is 9.58. The molecule has 1 amide bonds. The van der Waals surface area contributed by atoms with Crippen LogP contribution in [0.4, 0.5) is 0 Å². The first kappa shape index (κ1) is 23.0. The van der Waals surface area contributed by atoms with Crippen molar-refractivity contribution in [3.8, 4) is 11.1 Å². The first-order chi connectivity index (χ1) is 15.1. The molecule has 0 spiro atoms. The Morgan fingerprint density at radius 1 is 1.16 bits per heavy atom. The number of aryl methyl sites for hydroxylation is 3. The van der Waals surface area contributed by atoms with Gasteiger partial charge < -0.3 is 14.0 Å². The van der Waals surface area contributed by atoms with Gasteiger partial charge in [0.2, 0.25) is 0 Å². The van der Waals surface area contributed by atoms with Gasteiger partial charge in [-0.3, -0.25) is 9.59 Å². The van der Waals surface area contributed by atoms with Gasteiger partial charge in [-0.15, -0.1) is 11.8 Å². The van der Waals surface area contributed by atoms with Gasteiger partial charge in [0, 0.05) is 40.3 Å². The molecule has 4 rings (SSSR count). The minimum Gasteiger partial charge on any atom is -0.361 e. The van der Waals surface area contributed by atoms with E-state index < -0.39 is 0 Å². The number of carbonyl (C=O) groups is 1. The van der Waals surface area contributed by atoms with Crippen LogP contribution in [-0.2, 0) is 20.0 Å². The van der Waals surface area contributed by atoms with E-state index in [-0.39, 0.29) is 18.0 Å². The number of nitrogens with zero attached hydrogens (tertiary/aromatic N) is 3. The van der Waals surface area contributed by atoms with Crippen molar-refractivity contribution in [2.45, 2.75) is 38.6 Å². The second kappa shape index (κ2) is 8.61. The Kier molecular flexibility index (Phi) is 6.18. The Labute approximate surface area is 200 Å². The van der Waals surface area contributed by atoms with Crippen molar-refractivity contribution in [3.05, 3.63) is 66.4 Å². The second-order valence-electron chi connectivity index (χ2n) is 7.95. The summed E-state index contributed by atoms with van der Waals surface area (Å²) in [6, 6.07) is 3.75. The number of amides is 1. The molecule has 168 valence electrons. The fraction of sp³-hybridized carbons (Fsp3) is 0.348. The third-order valence-corrected chi connectivity index (χ3v) is 7.58. The van der Waals surface area contributed by atoms with E-state index in [0.717, 1.165) is 21.7 Å². The third-order valence-electron chi connectivity index (χ3n) is 6.05. The van der Waals surface area contributed by atoms with Gasteiger partial charge >= 0.3 is 0 Å². The van der Waals surface area contributed by atoms with E-state index in [9.17, 15) is 9.59 Å². The summed E-state index contributed by atoms with van der Waals surface area (Å²) < 4.78 is 6.90. The van der Waals surface area contributed by atoms with Crippen LogP contribution in [0.1, 0.15) is 38.6 Å². The van der Waals surface area contributed by atoms with Gasteiger partial charge in [0.05, 0.1) is 28.4 Å². The monoisotopic (exact) mass is 491 g/mol. The van der Waals surface area contributed by atoms with Crippen LogP contribution in [0.25, 0.3) is 11.1 Å². The average Bonchev–Trinajstić information content (AvgIpc) is 3.09. The van der Waals surface area contributed by atoms with E-state index in [2.05, 4.69) is 5.16 Å². The van der Waals surface area contributed by atoms with Crippen molar-refractivity contribution < 1.29 is 9.32 Å². The smallest absolute Gasteiger partial charge is 0.256 e. The molecule has 6 nitrogen and oxygen atoms in total. The van der Waals surface area contributed by atoms with Crippen molar-refractivity contribution in [1.29, 1.82) is 0 Å². The summed E-state index contributed by atoms with van der Waals surface area (Å²) >= 11 is 14.9. The Hall–Kier alpha value is -2.22. The lowest BCUT2D eigenvalue weighted by molar-refractivity contribution is 0.0725. The number of fused-ring (bicyclic) bond motifs is 1. The summed E-state index contributed by atoms with van der Waals surface area (Å²) in [6.45, 7) is 6.18. The molecule has 0 N–H and O–H groups in total. The van der Waals surface area contributed by atoms with E-state index in [1.54, 1.807) is 29.5 Å². The maximum atomic E-state index is 13.6. The highest BCUT2D eigenvalue weighted by atomic mass is 35.5. The van der Waals surface area contributed by atoms with Crippen molar-refractivity contribution in [2.75, 3.05) is 12.8 Å². The summed E-state index contributed by atoms with van der Waals surface area (Å²) in [4.78, 5) is 29.1. The average molecular weight is 492 g/mol. The summed E-state index contributed by atoms with van der Waals surface area (Å²) in [5.74, 6) is 0.370. The van der Waals surface area contributed by atoms with Gasteiger partial charge in [0.15, 0.2) is 0 Å². The molecule has 1 aliphatic rings. The fourth-order valence-electron chi connectivity index (χ4n) is 4.20. The Morgan fingerprint density at radius 3 is 2.50 bits per heavy atom. The largest absolute Gasteiger partial charge is 0.361 e.